The van der Waals surface area contributed by atoms with Crippen molar-refractivity contribution >= 4 is 33.4 Å². The van der Waals surface area contributed by atoms with Crippen molar-refractivity contribution in [3.8, 4) is 11.1 Å². The normalized spacial score (nSPS) is 12.0. The van der Waals surface area contributed by atoms with Gasteiger partial charge in [0.25, 0.3) is 17.4 Å². The molecular formula is C25H24N4O3S. The fourth-order valence-electron chi connectivity index (χ4n) is 3.67. The molecule has 2 aromatic heterocycles. The highest BCUT2D eigenvalue weighted by atomic mass is 32.1. The van der Waals surface area contributed by atoms with Crippen LogP contribution in [0.1, 0.15) is 29.1 Å². The number of benzene rings is 2. The summed E-state index contributed by atoms with van der Waals surface area (Å²) in [6.07, 6.45) is 1.31. The number of carbonyl (C=O) groups excluding carboxylic acids is 2. The number of nitrogens with one attached hydrogen (secondary N) is 2. The summed E-state index contributed by atoms with van der Waals surface area (Å²) in [7, 11) is 0. The highest BCUT2D eigenvalue weighted by molar-refractivity contribution is 7.19. The number of hydrogen-bond donors (Lipinski definition) is 2. The summed E-state index contributed by atoms with van der Waals surface area (Å²) < 4.78 is 1.09. The van der Waals surface area contributed by atoms with Crippen molar-refractivity contribution in [1.82, 2.24) is 15.0 Å². The summed E-state index contributed by atoms with van der Waals surface area (Å²) in [5.41, 5.74) is 4.44. The van der Waals surface area contributed by atoms with E-state index in [1.165, 1.54) is 17.7 Å². The van der Waals surface area contributed by atoms with Gasteiger partial charge in [0.1, 0.15) is 17.2 Å². The third-order valence-corrected chi connectivity index (χ3v) is 6.37. The molecule has 4 rings (SSSR count). The molecule has 1 unspecified atom stereocenters. The van der Waals surface area contributed by atoms with Crippen LogP contribution in [0.25, 0.3) is 21.3 Å². The summed E-state index contributed by atoms with van der Waals surface area (Å²) in [6, 6.07) is 17.5. The molecule has 168 valence electrons. The maximum absolute atomic E-state index is 13.3. The first-order valence-corrected chi connectivity index (χ1v) is 11.4. The maximum Gasteiger partial charge on any atom is 0.281 e. The quantitative estimate of drug-likeness (QED) is 0.456. The third kappa shape index (κ3) is 4.56. The Morgan fingerprint density at radius 2 is 1.64 bits per heavy atom. The second kappa shape index (κ2) is 9.38. The number of fused-ring (bicyclic) bond motifs is 1. The topological polar surface area (TPSA) is 93.1 Å². The Morgan fingerprint density at radius 1 is 1.00 bits per heavy atom. The molecule has 0 bridgehead atoms. The van der Waals surface area contributed by atoms with Gasteiger partial charge in [-0.3, -0.25) is 19.8 Å². The number of carbonyl (C=O) groups is 2. The number of aryl methyl sites for hydroxylation is 1. The molecule has 0 aliphatic rings. The smallest absolute Gasteiger partial charge is 0.281 e. The van der Waals surface area contributed by atoms with Gasteiger partial charge in [-0.1, -0.05) is 62.4 Å². The molecule has 2 amide bonds. The Kier molecular flexibility index (Phi) is 6.37. The molecule has 0 spiro atoms. The van der Waals surface area contributed by atoms with Gasteiger partial charge in [-0.25, -0.2) is 9.66 Å². The predicted molar refractivity (Wildman–Crippen MR) is 131 cm³/mol. The summed E-state index contributed by atoms with van der Waals surface area (Å²) in [5, 5.41) is 3.23. The minimum Gasteiger partial charge on any atom is -0.340 e. The second-order valence-corrected chi connectivity index (χ2v) is 9.24. The zero-order valence-electron chi connectivity index (χ0n) is 18.5. The first kappa shape index (κ1) is 22.4. The van der Waals surface area contributed by atoms with Crippen LogP contribution < -0.4 is 16.3 Å². The third-order valence-electron chi connectivity index (χ3n) is 5.35. The van der Waals surface area contributed by atoms with Crippen LogP contribution in [-0.4, -0.2) is 27.5 Å². The SMILES string of the molecule is Cc1sc2ncn(NC(=O)C(NC(=O)c3ccccc3)C(C)C)c(=O)c2c1-c1ccccc1. The van der Waals surface area contributed by atoms with Crippen LogP contribution in [0.4, 0.5) is 0 Å². The van der Waals surface area contributed by atoms with E-state index in [2.05, 4.69) is 15.7 Å². The van der Waals surface area contributed by atoms with Crippen molar-refractivity contribution in [2.24, 2.45) is 5.92 Å². The lowest BCUT2D eigenvalue weighted by atomic mass is 10.0. The maximum atomic E-state index is 13.3. The van der Waals surface area contributed by atoms with Crippen LogP contribution in [0.5, 0.6) is 0 Å². The van der Waals surface area contributed by atoms with Crippen molar-refractivity contribution in [3.63, 3.8) is 0 Å². The Labute approximate surface area is 195 Å². The van der Waals surface area contributed by atoms with E-state index in [-0.39, 0.29) is 17.4 Å². The highest BCUT2D eigenvalue weighted by Crippen LogP contribution is 2.35. The summed E-state index contributed by atoms with van der Waals surface area (Å²) >= 11 is 1.44. The average Bonchev–Trinajstić information content (AvgIpc) is 3.16. The monoisotopic (exact) mass is 460 g/mol. The lowest BCUT2D eigenvalue weighted by Crippen LogP contribution is -2.50. The van der Waals surface area contributed by atoms with Gasteiger partial charge in [0.2, 0.25) is 0 Å². The van der Waals surface area contributed by atoms with Crippen LogP contribution in [0.15, 0.2) is 71.8 Å². The van der Waals surface area contributed by atoms with Gasteiger partial charge in [-0.2, -0.15) is 0 Å². The molecule has 0 radical (unpaired) electrons. The number of thiophene rings is 1. The van der Waals surface area contributed by atoms with Crippen molar-refractivity contribution in [1.29, 1.82) is 0 Å². The largest absolute Gasteiger partial charge is 0.340 e. The van der Waals surface area contributed by atoms with Crippen LogP contribution in [-0.2, 0) is 4.79 Å². The van der Waals surface area contributed by atoms with Gasteiger partial charge >= 0.3 is 0 Å². The molecule has 0 aliphatic carbocycles. The number of hydrogen-bond acceptors (Lipinski definition) is 5. The minimum atomic E-state index is -0.835. The van der Waals surface area contributed by atoms with Crippen LogP contribution >= 0.6 is 11.3 Å². The molecule has 8 heteroatoms. The van der Waals surface area contributed by atoms with E-state index in [0.717, 1.165) is 20.7 Å². The van der Waals surface area contributed by atoms with Gasteiger partial charge in [-0.05, 0) is 30.5 Å². The molecule has 0 saturated carbocycles. The Morgan fingerprint density at radius 3 is 2.27 bits per heavy atom. The van der Waals surface area contributed by atoms with Gasteiger partial charge in [0.15, 0.2) is 0 Å². The van der Waals surface area contributed by atoms with E-state index in [1.54, 1.807) is 24.3 Å². The van der Waals surface area contributed by atoms with Gasteiger partial charge < -0.3 is 5.32 Å². The van der Waals surface area contributed by atoms with Crippen molar-refractivity contribution in [3.05, 3.63) is 87.8 Å². The minimum absolute atomic E-state index is 0.201. The van der Waals surface area contributed by atoms with Gasteiger partial charge in [-0.15, -0.1) is 11.3 Å². The lowest BCUT2D eigenvalue weighted by Gasteiger charge is -2.22. The predicted octanol–water partition coefficient (Wildman–Crippen LogP) is 3.96. The van der Waals surface area contributed by atoms with Crippen molar-refractivity contribution in [2.75, 3.05) is 5.43 Å². The number of rotatable bonds is 6. The molecular weight excluding hydrogens is 436 g/mol. The molecule has 0 fully saturated rings. The van der Waals surface area contributed by atoms with Crippen LogP contribution in [0, 0.1) is 12.8 Å². The Balaban J connectivity index is 1.65. The van der Waals surface area contributed by atoms with E-state index in [1.807, 2.05) is 57.2 Å². The molecule has 2 heterocycles. The fraction of sp³-hybridized carbons (Fsp3) is 0.200. The molecule has 7 nitrogen and oxygen atoms in total. The van der Waals surface area contributed by atoms with Gasteiger partial charge in [0.05, 0.1) is 5.39 Å². The lowest BCUT2D eigenvalue weighted by molar-refractivity contribution is -0.119. The first-order chi connectivity index (χ1) is 15.9. The second-order valence-electron chi connectivity index (χ2n) is 8.04. The molecule has 33 heavy (non-hydrogen) atoms. The standard InChI is InChI=1S/C25H24N4O3S/c1-15(2)21(27-22(30)18-12-8-5-9-13-18)23(31)28-29-14-26-24-20(25(29)32)19(16(3)33-24)17-10-6-4-7-11-17/h4-15,21H,1-3H3,(H,27,30)(H,28,31). The zero-order valence-corrected chi connectivity index (χ0v) is 19.3. The van der Waals surface area contributed by atoms with E-state index >= 15 is 0 Å². The Bertz CT molecular complexity index is 1360. The summed E-state index contributed by atoms with van der Waals surface area (Å²) in [4.78, 5) is 45.0. The van der Waals surface area contributed by atoms with Crippen LogP contribution in [0.2, 0.25) is 0 Å². The van der Waals surface area contributed by atoms with Crippen molar-refractivity contribution < 1.29 is 9.59 Å². The highest BCUT2D eigenvalue weighted by Gasteiger charge is 2.26. The fourth-order valence-corrected chi connectivity index (χ4v) is 4.68. The van der Waals surface area contributed by atoms with E-state index in [4.69, 9.17) is 0 Å². The molecule has 0 saturated heterocycles. The molecule has 2 N–H and O–H groups in total. The van der Waals surface area contributed by atoms with E-state index in [9.17, 15) is 14.4 Å². The number of nitrogens with zero attached hydrogens (tertiary/aromatic N) is 2. The first-order valence-electron chi connectivity index (χ1n) is 10.6. The summed E-state index contributed by atoms with van der Waals surface area (Å²) in [6.45, 7) is 5.61. The molecule has 4 aromatic rings. The zero-order chi connectivity index (χ0) is 23.5. The van der Waals surface area contributed by atoms with E-state index in [0.29, 0.717) is 15.8 Å². The molecule has 1 atom stereocenters. The van der Waals surface area contributed by atoms with E-state index < -0.39 is 11.9 Å². The number of amides is 2. The molecule has 0 aliphatic heterocycles. The molecule has 2 aromatic carbocycles. The van der Waals surface area contributed by atoms with Crippen molar-refractivity contribution in [2.45, 2.75) is 26.8 Å². The average molecular weight is 461 g/mol. The number of aromatic nitrogens is 2. The van der Waals surface area contributed by atoms with Crippen LogP contribution in [0.3, 0.4) is 0 Å². The summed E-state index contributed by atoms with van der Waals surface area (Å²) in [5.74, 6) is -1.05. The Hall–Kier alpha value is -3.78. The van der Waals surface area contributed by atoms with Gasteiger partial charge in [0, 0.05) is 16.0 Å².